The highest BCUT2D eigenvalue weighted by Gasteiger charge is 2.33. The highest BCUT2D eigenvalue weighted by Crippen LogP contribution is 2.42. The highest BCUT2D eigenvalue weighted by atomic mass is 35.5. The molecule has 0 radical (unpaired) electrons. The number of ether oxygens (including phenoxy) is 1. The van der Waals surface area contributed by atoms with Crippen LogP contribution in [0, 0.1) is 0 Å². The van der Waals surface area contributed by atoms with E-state index in [9.17, 15) is 0 Å². The molecule has 0 saturated carbocycles. The van der Waals surface area contributed by atoms with Gasteiger partial charge in [-0.1, -0.05) is 11.6 Å². The van der Waals surface area contributed by atoms with E-state index in [4.69, 9.17) is 22.1 Å². The van der Waals surface area contributed by atoms with Crippen LogP contribution in [0.1, 0.15) is 17.2 Å². The number of nitrogens with zero attached hydrogens (tertiary/aromatic N) is 2. The second kappa shape index (κ2) is 6.09. The summed E-state index contributed by atoms with van der Waals surface area (Å²) >= 11 is 6.35. The summed E-state index contributed by atoms with van der Waals surface area (Å²) in [7, 11) is 5.85. The molecule has 4 nitrogen and oxygen atoms in total. The molecule has 1 heterocycles. The zero-order chi connectivity index (χ0) is 14.0. The maximum Gasteiger partial charge on any atom is 0.123 e. The van der Waals surface area contributed by atoms with Gasteiger partial charge in [-0.25, -0.2) is 0 Å². The smallest absolute Gasteiger partial charge is 0.123 e. The van der Waals surface area contributed by atoms with Gasteiger partial charge in [0.1, 0.15) is 5.75 Å². The molecule has 1 atom stereocenters. The number of benzene rings is 1. The third-order valence-corrected chi connectivity index (χ3v) is 4.00. The van der Waals surface area contributed by atoms with E-state index < -0.39 is 0 Å². The molecule has 1 aliphatic rings. The van der Waals surface area contributed by atoms with Crippen molar-refractivity contribution in [2.75, 3.05) is 40.8 Å². The first kappa shape index (κ1) is 14.6. The first-order valence-electron chi connectivity index (χ1n) is 6.52. The minimum absolute atomic E-state index is 0.192. The molecule has 2 rings (SSSR count). The van der Waals surface area contributed by atoms with E-state index in [0.717, 1.165) is 36.0 Å². The number of fused-ring (bicyclic) bond motifs is 1. The van der Waals surface area contributed by atoms with Crippen molar-refractivity contribution in [3.05, 3.63) is 28.3 Å². The highest BCUT2D eigenvalue weighted by molar-refractivity contribution is 6.31. The monoisotopic (exact) mass is 283 g/mol. The molecule has 0 amide bonds. The van der Waals surface area contributed by atoms with Crippen molar-refractivity contribution in [1.82, 2.24) is 9.80 Å². The van der Waals surface area contributed by atoms with Crippen molar-refractivity contribution in [3.8, 4) is 5.75 Å². The topological polar surface area (TPSA) is 41.7 Å². The van der Waals surface area contributed by atoms with E-state index in [0.29, 0.717) is 6.54 Å². The van der Waals surface area contributed by atoms with Gasteiger partial charge in [-0.15, -0.1) is 0 Å². The molecule has 0 spiro atoms. The van der Waals surface area contributed by atoms with Gasteiger partial charge in [0.25, 0.3) is 0 Å². The van der Waals surface area contributed by atoms with Crippen molar-refractivity contribution in [1.29, 1.82) is 0 Å². The Bertz CT molecular complexity index is 451. The van der Waals surface area contributed by atoms with Crippen LogP contribution in [-0.2, 0) is 6.54 Å². The van der Waals surface area contributed by atoms with E-state index in [-0.39, 0.29) is 6.04 Å². The summed E-state index contributed by atoms with van der Waals surface area (Å²) in [6, 6.07) is 4.03. The second-order valence-electron chi connectivity index (χ2n) is 5.17. The molecule has 0 saturated heterocycles. The number of nitrogens with two attached hydrogens (primary N) is 1. The van der Waals surface area contributed by atoms with Crippen LogP contribution in [0.4, 0.5) is 0 Å². The first-order valence-corrected chi connectivity index (χ1v) is 6.90. The number of halogens is 1. The summed E-state index contributed by atoms with van der Waals surface area (Å²) in [5.74, 6) is 0.908. The third-order valence-electron chi connectivity index (χ3n) is 3.67. The van der Waals surface area contributed by atoms with Crippen LogP contribution in [0.2, 0.25) is 5.02 Å². The molecule has 0 aliphatic carbocycles. The van der Waals surface area contributed by atoms with E-state index in [1.807, 2.05) is 12.1 Å². The van der Waals surface area contributed by atoms with Crippen LogP contribution < -0.4 is 10.5 Å². The molecule has 2 N–H and O–H groups in total. The molecule has 0 fully saturated rings. The van der Waals surface area contributed by atoms with E-state index in [2.05, 4.69) is 23.9 Å². The molecular formula is C14H22ClN3O. The van der Waals surface area contributed by atoms with Crippen molar-refractivity contribution in [3.63, 3.8) is 0 Å². The van der Waals surface area contributed by atoms with Crippen molar-refractivity contribution >= 4 is 11.6 Å². The Labute approximate surface area is 120 Å². The summed E-state index contributed by atoms with van der Waals surface area (Å²) < 4.78 is 5.44. The van der Waals surface area contributed by atoms with Crippen molar-refractivity contribution < 1.29 is 4.74 Å². The lowest BCUT2D eigenvalue weighted by molar-refractivity contribution is 0.196. The largest absolute Gasteiger partial charge is 0.496 e. The van der Waals surface area contributed by atoms with Crippen LogP contribution in [-0.4, -0.2) is 50.6 Å². The Kier molecular flexibility index (Phi) is 4.68. The molecule has 0 aromatic heterocycles. The number of hydrogen-bond donors (Lipinski definition) is 1. The van der Waals surface area contributed by atoms with Crippen LogP contribution in [0.15, 0.2) is 12.1 Å². The fraction of sp³-hybridized carbons (Fsp3) is 0.571. The normalized spacial score (nSPS) is 18.9. The van der Waals surface area contributed by atoms with Crippen LogP contribution in [0.5, 0.6) is 5.75 Å². The third kappa shape index (κ3) is 2.87. The lowest BCUT2D eigenvalue weighted by Crippen LogP contribution is -2.33. The van der Waals surface area contributed by atoms with Gasteiger partial charge in [0.05, 0.1) is 7.11 Å². The first-order chi connectivity index (χ1) is 9.08. The molecule has 1 aromatic carbocycles. The van der Waals surface area contributed by atoms with Gasteiger partial charge in [-0.3, -0.25) is 4.90 Å². The van der Waals surface area contributed by atoms with Gasteiger partial charge < -0.3 is 15.4 Å². The Morgan fingerprint density at radius 1 is 1.47 bits per heavy atom. The van der Waals surface area contributed by atoms with E-state index in [1.54, 1.807) is 7.11 Å². The SMILES string of the molecule is COc1ccc(Cl)c2c1CN(CCN(C)C)C2CN. The fourth-order valence-corrected chi connectivity index (χ4v) is 2.96. The van der Waals surface area contributed by atoms with Gasteiger partial charge in [0, 0.05) is 42.8 Å². The molecule has 19 heavy (non-hydrogen) atoms. The van der Waals surface area contributed by atoms with Gasteiger partial charge in [-0.05, 0) is 31.8 Å². The molecule has 0 bridgehead atoms. The van der Waals surface area contributed by atoms with Crippen LogP contribution in [0.25, 0.3) is 0 Å². The lowest BCUT2D eigenvalue weighted by Gasteiger charge is -2.25. The Morgan fingerprint density at radius 3 is 2.79 bits per heavy atom. The molecule has 1 unspecified atom stereocenters. The summed E-state index contributed by atoms with van der Waals surface area (Å²) in [6.07, 6.45) is 0. The molecule has 5 heteroatoms. The summed E-state index contributed by atoms with van der Waals surface area (Å²) in [5, 5.41) is 0.790. The molecule has 1 aromatic rings. The lowest BCUT2D eigenvalue weighted by atomic mass is 10.0. The predicted molar refractivity (Wildman–Crippen MR) is 78.8 cm³/mol. The van der Waals surface area contributed by atoms with Crippen molar-refractivity contribution in [2.45, 2.75) is 12.6 Å². The minimum Gasteiger partial charge on any atom is -0.496 e. The zero-order valence-electron chi connectivity index (χ0n) is 11.8. The Morgan fingerprint density at radius 2 is 2.21 bits per heavy atom. The molecule has 1 aliphatic heterocycles. The predicted octanol–water partition coefficient (Wildman–Crippen LogP) is 1.73. The summed E-state index contributed by atoms with van der Waals surface area (Å²) in [6.45, 7) is 3.41. The number of hydrogen-bond acceptors (Lipinski definition) is 4. The number of methoxy groups -OCH3 is 1. The molecular weight excluding hydrogens is 262 g/mol. The zero-order valence-corrected chi connectivity index (χ0v) is 12.6. The average Bonchev–Trinajstić information content (AvgIpc) is 2.76. The van der Waals surface area contributed by atoms with Gasteiger partial charge in [0.2, 0.25) is 0 Å². The number of likely N-dealkylation sites (N-methyl/N-ethyl adjacent to an activating group) is 1. The molecule has 106 valence electrons. The maximum atomic E-state index is 6.35. The fourth-order valence-electron chi connectivity index (χ4n) is 2.66. The maximum absolute atomic E-state index is 6.35. The minimum atomic E-state index is 0.192. The van der Waals surface area contributed by atoms with E-state index in [1.165, 1.54) is 5.56 Å². The van der Waals surface area contributed by atoms with Crippen LogP contribution >= 0.6 is 11.6 Å². The van der Waals surface area contributed by atoms with Gasteiger partial charge in [-0.2, -0.15) is 0 Å². The Balaban J connectivity index is 2.29. The quantitative estimate of drug-likeness (QED) is 0.894. The van der Waals surface area contributed by atoms with Gasteiger partial charge >= 0.3 is 0 Å². The van der Waals surface area contributed by atoms with Crippen molar-refractivity contribution in [2.24, 2.45) is 5.73 Å². The average molecular weight is 284 g/mol. The number of rotatable bonds is 5. The summed E-state index contributed by atoms with van der Waals surface area (Å²) in [4.78, 5) is 4.55. The van der Waals surface area contributed by atoms with E-state index >= 15 is 0 Å². The summed E-state index contributed by atoms with van der Waals surface area (Å²) in [5.41, 5.74) is 8.28. The Hall–Kier alpha value is -0.810. The van der Waals surface area contributed by atoms with Crippen LogP contribution in [0.3, 0.4) is 0 Å². The van der Waals surface area contributed by atoms with Gasteiger partial charge in [0.15, 0.2) is 0 Å². The second-order valence-corrected chi connectivity index (χ2v) is 5.57. The standard InChI is InChI=1S/C14H22ClN3O/c1-17(2)6-7-18-9-10-13(19-3)5-4-11(15)14(10)12(18)8-16/h4-5,12H,6-9,16H2,1-3H3.